The summed E-state index contributed by atoms with van der Waals surface area (Å²) in [7, 11) is -3.06. The van der Waals surface area contributed by atoms with E-state index in [4.69, 9.17) is 4.55 Å². The quantitative estimate of drug-likeness (QED) is 0.294. The van der Waals surface area contributed by atoms with Crippen molar-refractivity contribution < 1.29 is 26.8 Å². The Morgan fingerprint density at radius 3 is 2.78 bits per heavy atom. The van der Waals surface area contributed by atoms with Crippen LogP contribution in [0.1, 0.15) is 30.3 Å². The minimum atomic E-state index is -4.66. The number of aryl methyl sites for hydroxylation is 1. The molecule has 0 saturated heterocycles. The second-order valence-corrected chi connectivity index (χ2v) is 5.82. The molecule has 12 nitrogen and oxygen atoms in total. The predicted octanol–water partition coefficient (Wildman–Crippen LogP) is -2.40. The Kier molecular flexibility index (Phi) is 4.96. The molecule has 0 aliphatic carbocycles. The van der Waals surface area contributed by atoms with Crippen molar-refractivity contribution in [3.05, 3.63) is 17.5 Å². The molecule has 0 saturated carbocycles. The summed E-state index contributed by atoms with van der Waals surface area (Å²) in [5, 5.41) is 6.89. The molecular weight excluding hydrogens is 332 g/mol. The largest absolute Gasteiger partial charge is 0.413 e. The second-order valence-electron chi connectivity index (χ2n) is 4.80. The lowest BCUT2D eigenvalue weighted by atomic mass is 9.98. The summed E-state index contributed by atoms with van der Waals surface area (Å²) >= 11 is 0. The molecule has 1 aliphatic heterocycles. The number of hydrazine groups is 1. The van der Waals surface area contributed by atoms with Crippen LogP contribution >= 0.6 is 0 Å². The first-order chi connectivity index (χ1) is 10.7. The van der Waals surface area contributed by atoms with Gasteiger partial charge in [-0.15, -0.1) is 0 Å². The van der Waals surface area contributed by atoms with Gasteiger partial charge in [-0.3, -0.25) is 35.0 Å². The van der Waals surface area contributed by atoms with Gasteiger partial charge in [-0.2, -0.15) is 23.3 Å². The molecule has 0 spiro atoms. The number of nitrogens with zero attached hydrogens (tertiary/aromatic N) is 2. The monoisotopic (exact) mass is 348 g/mol. The van der Waals surface area contributed by atoms with Gasteiger partial charge < -0.3 is 0 Å². The first-order valence-electron chi connectivity index (χ1n) is 6.42. The van der Waals surface area contributed by atoms with Gasteiger partial charge in [0.25, 0.3) is 5.91 Å². The molecule has 0 fully saturated rings. The van der Waals surface area contributed by atoms with E-state index < -0.39 is 34.3 Å². The molecule has 1 aliphatic rings. The maximum atomic E-state index is 12.1. The van der Waals surface area contributed by atoms with Crippen molar-refractivity contribution in [3.8, 4) is 0 Å². The summed E-state index contributed by atoms with van der Waals surface area (Å²) in [5.74, 6) is -0.945. The molecule has 0 radical (unpaired) electrons. The lowest BCUT2D eigenvalue weighted by Crippen LogP contribution is -2.50. The normalized spacial score (nSPS) is 20.7. The van der Waals surface area contributed by atoms with Gasteiger partial charge in [-0.25, -0.2) is 0 Å². The first-order valence-corrected chi connectivity index (χ1v) is 7.78. The third kappa shape index (κ3) is 4.23. The van der Waals surface area contributed by atoms with E-state index in [1.807, 2.05) is 0 Å². The van der Waals surface area contributed by atoms with E-state index in [2.05, 4.69) is 31.0 Å². The molecule has 13 heteroatoms. The van der Waals surface area contributed by atoms with Gasteiger partial charge in [-0.05, 0) is 0 Å². The molecule has 0 unspecified atom stereocenters. The average Bonchev–Trinajstić information content (AvgIpc) is 2.84. The third-order valence-electron chi connectivity index (χ3n) is 3.11. The smallest absolute Gasteiger partial charge is 0.299 e. The molecule has 5 N–H and O–H groups in total. The van der Waals surface area contributed by atoms with Crippen molar-refractivity contribution in [2.24, 2.45) is 7.05 Å². The molecule has 23 heavy (non-hydrogen) atoms. The predicted molar refractivity (Wildman–Crippen MR) is 74.4 cm³/mol. The highest BCUT2D eigenvalue weighted by molar-refractivity contribution is 7.80. The molecule has 1 aromatic heterocycles. The van der Waals surface area contributed by atoms with Gasteiger partial charge >= 0.3 is 10.4 Å². The Labute approximate surface area is 131 Å². The molecule has 128 valence electrons. The highest BCUT2D eigenvalue weighted by Gasteiger charge is 2.35. The summed E-state index contributed by atoms with van der Waals surface area (Å²) in [5.41, 5.74) is 7.58. The zero-order chi connectivity index (χ0) is 17.2. The molecule has 1 aromatic rings. The van der Waals surface area contributed by atoms with Crippen LogP contribution in [0.25, 0.3) is 0 Å². The van der Waals surface area contributed by atoms with Crippen LogP contribution in [-0.4, -0.2) is 41.1 Å². The second kappa shape index (κ2) is 6.59. The molecular formula is C10H16N6O6S. The molecule has 0 bridgehead atoms. The Balaban J connectivity index is 2.18. The lowest BCUT2D eigenvalue weighted by molar-refractivity contribution is -0.129. The molecule has 2 atom stereocenters. The first kappa shape index (κ1) is 17.3. The van der Waals surface area contributed by atoms with E-state index in [1.165, 1.54) is 17.8 Å². The number of fused-ring (bicyclic) bond motifs is 1. The van der Waals surface area contributed by atoms with Crippen LogP contribution in [0.5, 0.6) is 0 Å². The van der Waals surface area contributed by atoms with Gasteiger partial charge in [0.15, 0.2) is 0 Å². The van der Waals surface area contributed by atoms with Crippen molar-refractivity contribution in [2.45, 2.75) is 19.0 Å². The maximum absolute atomic E-state index is 12.1. The third-order valence-corrected chi connectivity index (χ3v) is 3.42. The Hall–Kier alpha value is -2.06. The van der Waals surface area contributed by atoms with Crippen LogP contribution in [0.4, 0.5) is 0 Å². The van der Waals surface area contributed by atoms with Crippen molar-refractivity contribution in [2.75, 3.05) is 6.54 Å². The van der Waals surface area contributed by atoms with Crippen molar-refractivity contribution in [3.63, 3.8) is 0 Å². The van der Waals surface area contributed by atoms with Gasteiger partial charge in [0.1, 0.15) is 6.04 Å². The minimum absolute atomic E-state index is 0.117. The Morgan fingerprint density at radius 2 is 2.17 bits per heavy atom. The number of aromatic nitrogens is 2. The highest BCUT2D eigenvalue weighted by atomic mass is 32.3. The summed E-state index contributed by atoms with van der Waals surface area (Å²) < 4.78 is 35.5. The van der Waals surface area contributed by atoms with E-state index in [9.17, 15) is 18.0 Å². The van der Waals surface area contributed by atoms with E-state index in [-0.39, 0.29) is 6.54 Å². The van der Waals surface area contributed by atoms with Gasteiger partial charge in [0.2, 0.25) is 5.91 Å². The summed E-state index contributed by atoms with van der Waals surface area (Å²) in [6.45, 7) is 1.36. The van der Waals surface area contributed by atoms with Crippen LogP contribution in [0.3, 0.4) is 0 Å². The summed E-state index contributed by atoms with van der Waals surface area (Å²) in [6.07, 6.45) is 1.44. The SMILES string of the molecule is CC(=O)NNC(=O)[C@H]1NC[C@H](NOS(=O)(=O)O)c2cnn(C)c21. The summed E-state index contributed by atoms with van der Waals surface area (Å²) in [4.78, 5) is 23.0. The molecule has 2 heterocycles. The number of hydrogen-bond donors (Lipinski definition) is 5. The standard InChI is InChI=1S/C10H16N6O6S/c1-5(17)13-14-10(18)8-9-6(3-12-16(9)2)7(4-11-8)15-22-23(19,20)21/h3,7-8,11,15H,4H2,1-2H3,(H,13,17)(H,14,18)(H,19,20,21)/t7-,8-/m0/s1. The molecule has 2 amide bonds. The molecule has 0 aromatic carbocycles. The fraction of sp³-hybridized carbons (Fsp3) is 0.500. The number of carbonyl (C=O) groups is 2. The Bertz CT molecular complexity index is 715. The average molecular weight is 348 g/mol. The van der Waals surface area contributed by atoms with Crippen LogP contribution < -0.4 is 21.6 Å². The fourth-order valence-corrected chi connectivity index (χ4v) is 2.43. The number of carbonyl (C=O) groups excluding carboxylic acids is 2. The number of rotatable bonds is 4. The number of hydrogen-bond acceptors (Lipinski definition) is 8. The van der Waals surface area contributed by atoms with E-state index >= 15 is 0 Å². The van der Waals surface area contributed by atoms with Gasteiger partial charge in [0, 0.05) is 26.1 Å². The van der Waals surface area contributed by atoms with E-state index in [0.29, 0.717) is 11.3 Å². The molecule has 2 rings (SSSR count). The number of hydroxylamine groups is 1. The summed E-state index contributed by atoms with van der Waals surface area (Å²) in [6, 6.07) is -1.47. The van der Waals surface area contributed by atoms with E-state index in [0.717, 1.165) is 0 Å². The topological polar surface area (TPSA) is 164 Å². The van der Waals surface area contributed by atoms with Gasteiger partial charge in [-0.1, -0.05) is 0 Å². The van der Waals surface area contributed by atoms with Crippen LogP contribution in [0, 0.1) is 0 Å². The van der Waals surface area contributed by atoms with Crippen LogP contribution in [-0.2, 0) is 31.3 Å². The van der Waals surface area contributed by atoms with Gasteiger partial charge in [0.05, 0.1) is 17.9 Å². The Morgan fingerprint density at radius 1 is 1.48 bits per heavy atom. The maximum Gasteiger partial charge on any atom is 0.413 e. The fourth-order valence-electron chi connectivity index (χ4n) is 2.19. The van der Waals surface area contributed by atoms with Crippen LogP contribution in [0.15, 0.2) is 6.20 Å². The van der Waals surface area contributed by atoms with E-state index in [1.54, 1.807) is 7.05 Å². The number of nitrogens with one attached hydrogen (secondary N) is 4. The van der Waals surface area contributed by atoms with Crippen molar-refractivity contribution in [1.82, 2.24) is 31.4 Å². The van der Waals surface area contributed by atoms with Crippen molar-refractivity contribution >= 4 is 22.2 Å². The number of amides is 2. The lowest BCUT2D eigenvalue weighted by Gasteiger charge is -2.29. The minimum Gasteiger partial charge on any atom is -0.299 e. The van der Waals surface area contributed by atoms with Crippen molar-refractivity contribution in [1.29, 1.82) is 0 Å². The highest BCUT2D eigenvalue weighted by Crippen LogP contribution is 2.28. The van der Waals surface area contributed by atoms with Crippen LogP contribution in [0.2, 0.25) is 0 Å². The zero-order valence-electron chi connectivity index (χ0n) is 12.2. The zero-order valence-corrected chi connectivity index (χ0v) is 13.0.